The molecule has 1 aliphatic heterocycles. The predicted octanol–water partition coefficient (Wildman–Crippen LogP) is 3.25. The Labute approximate surface area is 135 Å². The zero-order valence-corrected chi connectivity index (χ0v) is 13.0. The molecule has 3 heterocycles. The highest BCUT2D eigenvalue weighted by Crippen LogP contribution is 2.27. The highest BCUT2D eigenvalue weighted by Gasteiger charge is 2.25. The molecule has 116 valence electrons. The van der Waals surface area contributed by atoms with E-state index in [0.717, 1.165) is 25.1 Å². The molecule has 23 heavy (non-hydrogen) atoms. The van der Waals surface area contributed by atoms with Crippen molar-refractivity contribution in [2.24, 2.45) is 0 Å². The van der Waals surface area contributed by atoms with E-state index in [1.165, 1.54) is 11.1 Å². The topological polar surface area (TPSA) is 55.1 Å². The van der Waals surface area contributed by atoms with Crippen molar-refractivity contribution < 1.29 is 4.52 Å². The molecule has 0 aliphatic carbocycles. The van der Waals surface area contributed by atoms with E-state index in [1.807, 2.05) is 12.1 Å². The van der Waals surface area contributed by atoms with Crippen LogP contribution in [0.1, 0.15) is 30.0 Å². The van der Waals surface area contributed by atoms with E-state index in [9.17, 15) is 0 Å². The van der Waals surface area contributed by atoms with Crippen LogP contribution in [0.2, 0.25) is 0 Å². The summed E-state index contributed by atoms with van der Waals surface area (Å²) in [4.78, 5) is 11.0. The lowest BCUT2D eigenvalue weighted by atomic mass is 9.99. The molecule has 3 aromatic rings. The van der Waals surface area contributed by atoms with Gasteiger partial charge in [-0.3, -0.25) is 9.88 Å². The monoisotopic (exact) mass is 306 g/mol. The molecule has 0 amide bonds. The summed E-state index contributed by atoms with van der Waals surface area (Å²) in [6.45, 7) is 4.04. The first kappa shape index (κ1) is 14.1. The lowest BCUT2D eigenvalue weighted by molar-refractivity contribution is 0.158. The van der Waals surface area contributed by atoms with Crippen molar-refractivity contribution in [3.05, 3.63) is 65.8 Å². The van der Waals surface area contributed by atoms with Gasteiger partial charge in [-0.2, -0.15) is 4.98 Å². The summed E-state index contributed by atoms with van der Waals surface area (Å²) in [6, 6.07) is 12.5. The van der Waals surface area contributed by atoms with Crippen molar-refractivity contribution >= 4 is 0 Å². The van der Waals surface area contributed by atoms with Gasteiger partial charge in [-0.1, -0.05) is 29.4 Å². The number of fused-ring (bicyclic) bond motifs is 1. The van der Waals surface area contributed by atoms with Crippen LogP contribution in [0, 0.1) is 0 Å². The van der Waals surface area contributed by atoms with Crippen molar-refractivity contribution in [2.45, 2.75) is 25.9 Å². The van der Waals surface area contributed by atoms with E-state index >= 15 is 0 Å². The Bertz CT molecular complexity index is 800. The number of hydrogen-bond acceptors (Lipinski definition) is 5. The van der Waals surface area contributed by atoms with Crippen LogP contribution in [0.25, 0.3) is 11.4 Å². The molecule has 0 radical (unpaired) electrons. The fraction of sp³-hybridized carbons (Fsp3) is 0.278. The molecular weight excluding hydrogens is 288 g/mol. The van der Waals surface area contributed by atoms with Crippen LogP contribution in [-0.4, -0.2) is 26.6 Å². The first-order valence-corrected chi connectivity index (χ1v) is 7.86. The van der Waals surface area contributed by atoms with Gasteiger partial charge in [0.05, 0.1) is 6.04 Å². The van der Waals surface area contributed by atoms with Gasteiger partial charge in [-0.25, -0.2) is 0 Å². The number of benzene rings is 1. The van der Waals surface area contributed by atoms with Crippen LogP contribution in [0.5, 0.6) is 0 Å². The third-order valence-corrected chi connectivity index (χ3v) is 4.43. The van der Waals surface area contributed by atoms with Crippen molar-refractivity contribution in [3.8, 4) is 11.4 Å². The number of pyridine rings is 1. The summed E-state index contributed by atoms with van der Waals surface area (Å²) in [5, 5.41) is 4.09. The van der Waals surface area contributed by atoms with Crippen LogP contribution < -0.4 is 0 Å². The molecule has 1 unspecified atom stereocenters. The molecule has 2 aromatic heterocycles. The zero-order valence-electron chi connectivity index (χ0n) is 13.0. The molecule has 5 heteroatoms. The Morgan fingerprint density at radius 2 is 2.00 bits per heavy atom. The summed E-state index contributed by atoms with van der Waals surface area (Å²) < 4.78 is 5.49. The Morgan fingerprint density at radius 3 is 2.83 bits per heavy atom. The minimum absolute atomic E-state index is 0.0984. The van der Waals surface area contributed by atoms with E-state index in [2.05, 4.69) is 51.2 Å². The molecule has 0 saturated heterocycles. The van der Waals surface area contributed by atoms with Gasteiger partial charge in [0.2, 0.25) is 11.7 Å². The molecule has 5 nitrogen and oxygen atoms in total. The third kappa shape index (κ3) is 2.75. The lowest BCUT2D eigenvalue weighted by Gasteiger charge is -2.31. The van der Waals surface area contributed by atoms with E-state index in [4.69, 9.17) is 4.52 Å². The van der Waals surface area contributed by atoms with E-state index in [0.29, 0.717) is 11.7 Å². The third-order valence-electron chi connectivity index (χ3n) is 4.43. The molecule has 1 aliphatic rings. The fourth-order valence-electron chi connectivity index (χ4n) is 3.02. The molecule has 0 saturated carbocycles. The molecule has 1 atom stereocenters. The van der Waals surface area contributed by atoms with Gasteiger partial charge in [-0.05, 0) is 36.6 Å². The van der Waals surface area contributed by atoms with Gasteiger partial charge >= 0.3 is 0 Å². The van der Waals surface area contributed by atoms with Crippen molar-refractivity contribution in [2.75, 3.05) is 6.54 Å². The second kappa shape index (κ2) is 5.93. The predicted molar refractivity (Wildman–Crippen MR) is 86.5 cm³/mol. The first-order chi connectivity index (χ1) is 11.3. The maximum absolute atomic E-state index is 5.49. The van der Waals surface area contributed by atoms with E-state index in [-0.39, 0.29) is 6.04 Å². The number of hydrogen-bond donors (Lipinski definition) is 0. The Hall–Kier alpha value is -2.53. The minimum Gasteiger partial charge on any atom is -0.337 e. The minimum atomic E-state index is 0.0984. The van der Waals surface area contributed by atoms with E-state index in [1.54, 1.807) is 12.4 Å². The Morgan fingerprint density at radius 1 is 1.13 bits per heavy atom. The quantitative estimate of drug-likeness (QED) is 0.743. The van der Waals surface area contributed by atoms with Crippen molar-refractivity contribution in [3.63, 3.8) is 0 Å². The van der Waals surface area contributed by atoms with Crippen molar-refractivity contribution in [1.29, 1.82) is 0 Å². The van der Waals surface area contributed by atoms with Crippen LogP contribution in [0.3, 0.4) is 0 Å². The summed E-state index contributed by atoms with van der Waals surface area (Å²) in [5.41, 5.74) is 3.70. The summed E-state index contributed by atoms with van der Waals surface area (Å²) in [7, 11) is 0. The standard InChI is InChI=1S/C18H18N4O/c1-13(22-10-8-14-5-2-3-6-16(14)12-22)18-20-17(21-23-18)15-7-4-9-19-11-15/h2-7,9,11,13H,8,10,12H2,1H3. The van der Waals surface area contributed by atoms with Gasteiger partial charge in [0.1, 0.15) is 0 Å². The van der Waals surface area contributed by atoms with Crippen LogP contribution in [-0.2, 0) is 13.0 Å². The normalized spacial score (nSPS) is 16.0. The molecule has 0 spiro atoms. The second-order valence-corrected chi connectivity index (χ2v) is 5.86. The first-order valence-electron chi connectivity index (χ1n) is 7.86. The Balaban J connectivity index is 1.54. The largest absolute Gasteiger partial charge is 0.337 e. The number of aromatic nitrogens is 3. The summed E-state index contributed by atoms with van der Waals surface area (Å²) >= 11 is 0. The highest BCUT2D eigenvalue weighted by molar-refractivity contribution is 5.51. The van der Waals surface area contributed by atoms with Crippen LogP contribution in [0.15, 0.2) is 53.3 Å². The highest BCUT2D eigenvalue weighted by atomic mass is 16.5. The maximum atomic E-state index is 5.49. The summed E-state index contributed by atoms with van der Waals surface area (Å²) in [6.07, 6.45) is 4.54. The van der Waals surface area contributed by atoms with Gasteiger partial charge < -0.3 is 4.52 Å². The van der Waals surface area contributed by atoms with Crippen LogP contribution >= 0.6 is 0 Å². The smallest absolute Gasteiger partial charge is 0.244 e. The van der Waals surface area contributed by atoms with Gasteiger partial charge in [0.25, 0.3) is 0 Å². The van der Waals surface area contributed by atoms with Gasteiger partial charge in [-0.15, -0.1) is 0 Å². The van der Waals surface area contributed by atoms with Gasteiger partial charge in [0.15, 0.2) is 0 Å². The average molecular weight is 306 g/mol. The molecule has 0 N–H and O–H groups in total. The second-order valence-electron chi connectivity index (χ2n) is 5.86. The van der Waals surface area contributed by atoms with E-state index < -0.39 is 0 Å². The number of nitrogens with zero attached hydrogens (tertiary/aromatic N) is 4. The molecular formula is C18H18N4O. The molecule has 1 aromatic carbocycles. The molecule has 0 bridgehead atoms. The molecule has 0 fully saturated rings. The van der Waals surface area contributed by atoms with Crippen molar-refractivity contribution in [1.82, 2.24) is 20.0 Å². The summed E-state index contributed by atoms with van der Waals surface area (Å²) in [5.74, 6) is 1.25. The average Bonchev–Trinajstić information content (AvgIpc) is 3.11. The van der Waals surface area contributed by atoms with Gasteiger partial charge in [0, 0.05) is 31.0 Å². The number of rotatable bonds is 3. The van der Waals surface area contributed by atoms with Crippen LogP contribution in [0.4, 0.5) is 0 Å². The SMILES string of the molecule is CC(c1nc(-c2cccnc2)no1)N1CCc2ccccc2C1. The Kier molecular flexibility index (Phi) is 3.63. The maximum Gasteiger partial charge on any atom is 0.244 e. The molecule has 4 rings (SSSR count). The lowest BCUT2D eigenvalue weighted by Crippen LogP contribution is -2.33. The fourth-order valence-corrected chi connectivity index (χ4v) is 3.02. The zero-order chi connectivity index (χ0) is 15.6.